The minimum Gasteiger partial charge on any atom is -0.0794 e. The number of azo groups is 4. The van der Waals surface area contributed by atoms with Crippen molar-refractivity contribution in [3.8, 4) is 0 Å². The van der Waals surface area contributed by atoms with Crippen molar-refractivity contribution in [1.29, 1.82) is 0 Å². The number of aliphatic imine (C=N–C) groups is 1. The van der Waals surface area contributed by atoms with E-state index >= 15 is 0 Å². The third-order valence-electron chi connectivity index (χ3n) is 1.54. The molecule has 0 saturated heterocycles. The van der Waals surface area contributed by atoms with E-state index in [4.69, 9.17) is 0 Å². The van der Waals surface area contributed by atoms with Crippen LogP contribution in [0.5, 0.6) is 0 Å². The highest BCUT2D eigenvalue weighted by Crippen LogP contribution is 2.11. The summed E-state index contributed by atoms with van der Waals surface area (Å²) in [7, 11) is 1.90. The van der Waals surface area contributed by atoms with Gasteiger partial charge in [0.05, 0.1) is 0 Å². The van der Waals surface area contributed by atoms with Crippen LogP contribution in [0.15, 0.2) is 15.2 Å². The minimum atomic E-state index is 0.0352. The molecule has 0 amide bonds. The Morgan fingerprint density at radius 1 is 1.40 bits per heavy atom. The second-order valence-electron chi connectivity index (χ2n) is 2.43. The summed E-state index contributed by atoms with van der Waals surface area (Å²) in [6, 6.07) is 0. The van der Waals surface area contributed by atoms with E-state index in [9.17, 15) is 0 Å². The molecule has 0 aromatic carbocycles. The molecule has 2 aliphatic rings. The first-order valence-corrected chi connectivity index (χ1v) is 3.23. The lowest BCUT2D eigenvalue weighted by molar-refractivity contribution is -0.806. The molecule has 0 aromatic heterocycles. The molecule has 10 heavy (non-hydrogen) atoms. The molecule has 0 aromatic rings. The van der Waals surface area contributed by atoms with Crippen molar-refractivity contribution in [3.63, 3.8) is 0 Å². The van der Waals surface area contributed by atoms with Crippen molar-refractivity contribution in [1.82, 2.24) is 0 Å². The van der Waals surface area contributed by atoms with Crippen molar-refractivity contribution in [2.24, 2.45) is 15.2 Å². The Morgan fingerprint density at radius 3 is 2.70 bits per heavy atom. The molecule has 2 rings (SSSR count). The van der Waals surface area contributed by atoms with E-state index in [2.05, 4.69) is 15.2 Å². The monoisotopic (exact) mass is 139 g/mol. The van der Waals surface area contributed by atoms with Gasteiger partial charge in [0, 0.05) is 4.99 Å². The van der Waals surface area contributed by atoms with Gasteiger partial charge in [0.15, 0.2) is 7.05 Å². The summed E-state index contributed by atoms with van der Waals surface area (Å²) in [6.07, 6.45) is 1.79. The molecule has 2 aliphatic heterocycles. The third kappa shape index (κ3) is 0.600. The Labute approximate surface area is 58.4 Å². The summed E-state index contributed by atoms with van der Waals surface area (Å²) in [5.74, 6) is 0. The Balaban J connectivity index is 2.36. The van der Waals surface area contributed by atoms with E-state index < -0.39 is 0 Å². The summed E-state index contributed by atoms with van der Waals surface area (Å²) >= 11 is 0. The van der Waals surface area contributed by atoms with E-state index in [0.29, 0.717) is 0 Å². The smallest absolute Gasteiger partial charge is 0.0794 e. The van der Waals surface area contributed by atoms with Gasteiger partial charge in [-0.05, 0) is 21.4 Å². The minimum absolute atomic E-state index is 0.0352. The van der Waals surface area contributed by atoms with Gasteiger partial charge in [-0.2, -0.15) is 0 Å². The van der Waals surface area contributed by atoms with Crippen molar-refractivity contribution >= 4 is 6.34 Å². The molecule has 2 heterocycles. The predicted molar refractivity (Wildman–Crippen MR) is 33.0 cm³/mol. The normalized spacial score (nSPS) is 35.8. The van der Waals surface area contributed by atoms with Crippen LogP contribution in [0.2, 0.25) is 0 Å². The number of hydrogen-bond acceptors (Lipinski definition) is 3. The summed E-state index contributed by atoms with van der Waals surface area (Å²) in [4.78, 5) is 4.05. The molecule has 5 nitrogen and oxygen atoms in total. The molecule has 0 saturated carbocycles. The first-order chi connectivity index (χ1) is 4.77. The highest BCUT2D eigenvalue weighted by atomic mass is 15.6. The molecule has 5 heteroatoms. The molecule has 0 N–H and O–H groups in total. The maximum Gasteiger partial charge on any atom is 0.518 e. The molecule has 2 atom stereocenters. The molecule has 0 fully saturated rings. The van der Waals surface area contributed by atoms with Crippen LogP contribution < -0.4 is 0 Å². The van der Waals surface area contributed by atoms with Crippen LogP contribution in [0, 0.1) is 0 Å². The van der Waals surface area contributed by atoms with Crippen LogP contribution in [0.4, 0.5) is 0 Å². The number of fused-ring (bicyclic) bond motifs is 1. The average molecular weight is 139 g/mol. The SMILES string of the molecule is CC1N=[N+](C)[C@H]2N=C[N+]2=N1. The molecule has 0 spiro atoms. The fraction of sp³-hybridized carbons (Fsp3) is 0.800. The van der Waals surface area contributed by atoms with Crippen LogP contribution in [0.25, 0.3) is 0 Å². The zero-order chi connectivity index (χ0) is 7.14. The Kier molecular flexibility index (Phi) is 0.947. The second-order valence-corrected chi connectivity index (χ2v) is 2.43. The molecule has 0 aliphatic carbocycles. The summed E-state index contributed by atoms with van der Waals surface area (Å²) in [5.41, 5.74) is 0. The Hall–Kier alpha value is -1.13. The second kappa shape index (κ2) is 1.68. The van der Waals surface area contributed by atoms with Crippen LogP contribution in [0.3, 0.4) is 0 Å². The van der Waals surface area contributed by atoms with E-state index in [1.165, 1.54) is 0 Å². The van der Waals surface area contributed by atoms with Gasteiger partial charge in [-0.1, -0.05) is 5.11 Å². The maximum absolute atomic E-state index is 4.18. The standard InChI is InChI=1S/C5H9N5/c1-4-7-9(2)5-6-3-10(5)8-4/h3-5H,1-2H3/q+2/t4?,5-/m1/s1. The molecular formula is C5H9N5+2. The molecule has 0 bridgehead atoms. The van der Waals surface area contributed by atoms with Crippen molar-refractivity contribution in [2.75, 3.05) is 7.05 Å². The van der Waals surface area contributed by atoms with E-state index in [1.54, 1.807) is 6.34 Å². The lowest BCUT2D eigenvalue weighted by Gasteiger charge is -2.10. The number of hydrogen-bond donors (Lipinski definition) is 0. The van der Waals surface area contributed by atoms with Gasteiger partial charge in [-0.15, -0.1) is 0 Å². The topological polar surface area (TPSA) is 43.1 Å². The molecule has 52 valence electrons. The van der Waals surface area contributed by atoms with Crippen LogP contribution in [-0.2, 0) is 0 Å². The quantitative estimate of drug-likeness (QED) is 0.431. The fourth-order valence-corrected chi connectivity index (χ4v) is 1.08. The van der Waals surface area contributed by atoms with Gasteiger partial charge in [0.1, 0.15) is 0 Å². The summed E-state index contributed by atoms with van der Waals surface area (Å²) in [5, 5.41) is 8.35. The third-order valence-corrected chi connectivity index (χ3v) is 1.54. The first kappa shape index (κ1) is 5.64. The highest BCUT2D eigenvalue weighted by molar-refractivity contribution is 5.47. The van der Waals surface area contributed by atoms with Gasteiger partial charge >= 0.3 is 12.6 Å². The van der Waals surface area contributed by atoms with Gasteiger partial charge in [-0.3, -0.25) is 0 Å². The van der Waals surface area contributed by atoms with Crippen LogP contribution in [0.1, 0.15) is 6.92 Å². The Bertz CT molecular complexity index is 251. The predicted octanol–water partition coefficient (Wildman–Crippen LogP) is 0.231. The first-order valence-electron chi connectivity index (χ1n) is 3.23. The summed E-state index contributed by atoms with van der Waals surface area (Å²) in [6.45, 7) is 1.94. The fourth-order valence-electron chi connectivity index (χ4n) is 1.08. The largest absolute Gasteiger partial charge is 0.518 e. The maximum atomic E-state index is 4.18. The van der Waals surface area contributed by atoms with Crippen molar-refractivity contribution in [2.45, 2.75) is 19.4 Å². The zero-order valence-electron chi connectivity index (χ0n) is 5.97. The van der Waals surface area contributed by atoms with Gasteiger partial charge in [-0.25, -0.2) is 0 Å². The highest BCUT2D eigenvalue weighted by Gasteiger charge is 2.44. The summed E-state index contributed by atoms with van der Waals surface area (Å²) < 4.78 is 3.63. The van der Waals surface area contributed by atoms with Crippen molar-refractivity contribution < 1.29 is 9.39 Å². The van der Waals surface area contributed by atoms with Crippen LogP contribution >= 0.6 is 0 Å². The number of rotatable bonds is 0. The number of nitrogens with zero attached hydrogens (tertiary/aromatic N) is 5. The molecular weight excluding hydrogens is 130 g/mol. The average Bonchev–Trinajstić information content (AvgIpc) is 1.77. The van der Waals surface area contributed by atoms with Gasteiger partial charge in [0.25, 0.3) is 0 Å². The van der Waals surface area contributed by atoms with E-state index in [1.807, 2.05) is 23.4 Å². The van der Waals surface area contributed by atoms with Crippen molar-refractivity contribution in [3.05, 3.63) is 0 Å². The Morgan fingerprint density at radius 2 is 2.20 bits per heavy atom. The molecule has 0 radical (unpaired) electrons. The van der Waals surface area contributed by atoms with Gasteiger partial charge < -0.3 is 0 Å². The van der Waals surface area contributed by atoms with E-state index in [-0.39, 0.29) is 12.5 Å². The lowest BCUT2D eigenvalue weighted by Crippen LogP contribution is -2.43. The van der Waals surface area contributed by atoms with E-state index in [0.717, 1.165) is 0 Å². The van der Waals surface area contributed by atoms with Gasteiger partial charge in [0.2, 0.25) is 6.17 Å². The van der Waals surface area contributed by atoms with Crippen LogP contribution in [-0.4, -0.2) is 35.2 Å². The lowest BCUT2D eigenvalue weighted by atomic mass is 10.6. The zero-order valence-corrected chi connectivity index (χ0v) is 5.97. The molecule has 1 unspecified atom stereocenters.